The van der Waals surface area contributed by atoms with Crippen LogP contribution >= 0.6 is 0 Å². The first kappa shape index (κ1) is 15.9. The van der Waals surface area contributed by atoms with E-state index < -0.39 is 10.0 Å². The Hall–Kier alpha value is -1.14. The third-order valence-electron chi connectivity index (χ3n) is 3.30. The number of nitrogens with one attached hydrogen (secondary N) is 1. The van der Waals surface area contributed by atoms with E-state index in [0.29, 0.717) is 12.4 Å². The molecule has 0 aromatic carbocycles. The van der Waals surface area contributed by atoms with E-state index in [1.807, 2.05) is 27.7 Å². The fourth-order valence-corrected chi connectivity index (χ4v) is 3.16. The molecule has 5 nitrogen and oxygen atoms in total. The van der Waals surface area contributed by atoms with Crippen LogP contribution in [-0.2, 0) is 10.0 Å². The molecule has 1 aromatic heterocycles. The number of anilines is 1. The molecule has 0 aliphatic carbocycles. The largest absolute Gasteiger partial charge is 0.370 e. The van der Waals surface area contributed by atoms with Crippen LogP contribution in [0.2, 0.25) is 0 Å². The van der Waals surface area contributed by atoms with Gasteiger partial charge in [-0.25, -0.2) is 13.4 Å². The van der Waals surface area contributed by atoms with E-state index in [1.54, 1.807) is 13.1 Å². The summed E-state index contributed by atoms with van der Waals surface area (Å²) in [4.78, 5) is 4.36. The summed E-state index contributed by atoms with van der Waals surface area (Å²) in [6.45, 7) is 8.57. The van der Waals surface area contributed by atoms with Crippen molar-refractivity contribution in [3.05, 3.63) is 18.3 Å². The van der Waals surface area contributed by atoms with Crippen LogP contribution in [0.15, 0.2) is 23.2 Å². The van der Waals surface area contributed by atoms with Gasteiger partial charge in [-0.05, 0) is 25.8 Å². The van der Waals surface area contributed by atoms with Gasteiger partial charge in [-0.1, -0.05) is 13.8 Å². The Kier molecular flexibility index (Phi) is 5.31. The van der Waals surface area contributed by atoms with Gasteiger partial charge in [0, 0.05) is 31.9 Å². The molecular weight excluding hydrogens is 262 g/mol. The van der Waals surface area contributed by atoms with Crippen LogP contribution in [0.5, 0.6) is 0 Å². The molecule has 0 fully saturated rings. The highest BCUT2D eigenvalue weighted by atomic mass is 32.2. The Morgan fingerprint density at radius 3 is 2.53 bits per heavy atom. The fraction of sp³-hybridized carbons (Fsp3) is 0.615. The highest BCUT2D eigenvalue weighted by Crippen LogP contribution is 2.21. The van der Waals surface area contributed by atoms with Gasteiger partial charge in [0.1, 0.15) is 5.82 Å². The van der Waals surface area contributed by atoms with Crippen LogP contribution in [0.25, 0.3) is 0 Å². The molecule has 0 radical (unpaired) electrons. The number of hydrogen-bond donors (Lipinski definition) is 1. The third-order valence-corrected chi connectivity index (χ3v) is 5.25. The molecule has 108 valence electrons. The zero-order valence-corrected chi connectivity index (χ0v) is 13.0. The molecule has 0 spiro atoms. The lowest BCUT2D eigenvalue weighted by Gasteiger charge is -2.27. The second-order valence-electron chi connectivity index (χ2n) is 4.91. The average Bonchev–Trinajstić information content (AvgIpc) is 2.37. The number of pyridine rings is 1. The lowest BCUT2D eigenvalue weighted by molar-refractivity contribution is 0.316. The van der Waals surface area contributed by atoms with Crippen LogP contribution in [0, 0.1) is 5.92 Å². The molecule has 1 aromatic rings. The van der Waals surface area contributed by atoms with Gasteiger partial charge in [-0.2, -0.15) is 4.31 Å². The minimum absolute atomic E-state index is 0.0549. The molecule has 1 unspecified atom stereocenters. The fourth-order valence-electron chi connectivity index (χ4n) is 1.65. The van der Waals surface area contributed by atoms with Crippen LogP contribution in [-0.4, -0.2) is 37.3 Å². The molecule has 1 rings (SSSR count). The van der Waals surface area contributed by atoms with E-state index in [-0.39, 0.29) is 16.9 Å². The molecule has 0 bridgehead atoms. The number of nitrogens with zero attached hydrogens (tertiary/aromatic N) is 2. The Morgan fingerprint density at radius 2 is 2.00 bits per heavy atom. The maximum atomic E-state index is 12.5. The van der Waals surface area contributed by atoms with Crippen LogP contribution < -0.4 is 5.32 Å². The summed E-state index contributed by atoms with van der Waals surface area (Å²) < 4.78 is 26.4. The lowest BCUT2D eigenvalue weighted by atomic mass is 10.1. The predicted molar refractivity (Wildman–Crippen MR) is 77.6 cm³/mol. The van der Waals surface area contributed by atoms with Gasteiger partial charge in [0.15, 0.2) is 0 Å². The average molecular weight is 285 g/mol. The van der Waals surface area contributed by atoms with Gasteiger partial charge in [0.2, 0.25) is 10.0 Å². The topological polar surface area (TPSA) is 62.3 Å². The Balaban J connectivity index is 3.09. The molecule has 0 saturated carbocycles. The highest BCUT2D eigenvalue weighted by molar-refractivity contribution is 7.89. The van der Waals surface area contributed by atoms with Gasteiger partial charge in [-0.15, -0.1) is 0 Å². The monoisotopic (exact) mass is 285 g/mol. The second-order valence-corrected chi connectivity index (χ2v) is 6.91. The van der Waals surface area contributed by atoms with Crippen molar-refractivity contribution in [3.63, 3.8) is 0 Å². The quantitative estimate of drug-likeness (QED) is 0.870. The van der Waals surface area contributed by atoms with Crippen molar-refractivity contribution >= 4 is 15.8 Å². The predicted octanol–water partition coefficient (Wildman–Crippen LogP) is 2.18. The van der Waals surface area contributed by atoms with E-state index in [4.69, 9.17) is 0 Å². The van der Waals surface area contributed by atoms with Crippen LogP contribution in [0.1, 0.15) is 27.7 Å². The van der Waals surface area contributed by atoms with E-state index >= 15 is 0 Å². The van der Waals surface area contributed by atoms with Crippen LogP contribution in [0.3, 0.4) is 0 Å². The summed E-state index contributed by atoms with van der Waals surface area (Å²) in [5.41, 5.74) is 0. The zero-order chi connectivity index (χ0) is 14.6. The Morgan fingerprint density at radius 1 is 1.37 bits per heavy atom. The van der Waals surface area contributed by atoms with E-state index in [0.717, 1.165) is 0 Å². The summed E-state index contributed by atoms with van der Waals surface area (Å²) in [6, 6.07) is 3.04. The van der Waals surface area contributed by atoms with Crippen molar-refractivity contribution in [2.24, 2.45) is 5.92 Å². The third kappa shape index (κ3) is 3.67. The Bertz CT molecular complexity index is 514. The number of sulfonamides is 1. The molecule has 19 heavy (non-hydrogen) atoms. The smallest absolute Gasteiger partial charge is 0.243 e. The van der Waals surface area contributed by atoms with Crippen molar-refractivity contribution in [2.45, 2.75) is 38.6 Å². The van der Waals surface area contributed by atoms with Crippen molar-refractivity contribution in [1.29, 1.82) is 0 Å². The van der Waals surface area contributed by atoms with Crippen molar-refractivity contribution in [2.75, 3.05) is 18.9 Å². The normalized spacial score (nSPS) is 13.8. The van der Waals surface area contributed by atoms with Crippen molar-refractivity contribution in [3.8, 4) is 0 Å². The van der Waals surface area contributed by atoms with E-state index in [9.17, 15) is 8.42 Å². The summed E-state index contributed by atoms with van der Waals surface area (Å²) in [7, 11) is -1.85. The Labute approximate surface area is 116 Å². The summed E-state index contributed by atoms with van der Waals surface area (Å²) in [6.07, 6.45) is 1.51. The second kappa shape index (κ2) is 6.34. The first-order valence-electron chi connectivity index (χ1n) is 6.48. The summed E-state index contributed by atoms with van der Waals surface area (Å²) >= 11 is 0. The maximum Gasteiger partial charge on any atom is 0.243 e. The van der Waals surface area contributed by atoms with E-state index in [2.05, 4.69) is 10.3 Å². The molecular formula is C13H23N3O2S. The van der Waals surface area contributed by atoms with Gasteiger partial charge < -0.3 is 5.32 Å². The molecule has 1 atom stereocenters. The lowest BCUT2D eigenvalue weighted by Crippen LogP contribution is -2.38. The molecule has 0 saturated heterocycles. The van der Waals surface area contributed by atoms with Crippen molar-refractivity contribution in [1.82, 2.24) is 9.29 Å². The summed E-state index contributed by atoms with van der Waals surface area (Å²) in [5, 5.41) is 3.02. The molecule has 0 aliphatic heterocycles. The van der Waals surface area contributed by atoms with Gasteiger partial charge in [0.05, 0.1) is 4.90 Å². The number of hydrogen-bond acceptors (Lipinski definition) is 4. The molecule has 6 heteroatoms. The van der Waals surface area contributed by atoms with Gasteiger partial charge in [0.25, 0.3) is 0 Å². The SMILES string of the molecule is CCNc1cc(S(=O)(=O)N(C)C(C)C(C)C)ccn1. The number of rotatable bonds is 6. The van der Waals surface area contributed by atoms with Gasteiger partial charge in [-0.3, -0.25) is 0 Å². The molecule has 0 aliphatic rings. The highest BCUT2D eigenvalue weighted by Gasteiger charge is 2.27. The van der Waals surface area contributed by atoms with E-state index in [1.165, 1.54) is 16.6 Å². The maximum absolute atomic E-state index is 12.5. The standard InChI is InChI=1S/C13H23N3O2S/c1-6-14-13-9-12(7-8-15-13)19(17,18)16(5)11(4)10(2)3/h7-11H,6H2,1-5H3,(H,14,15). The molecule has 1 N–H and O–H groups in total. The first-order valence-corrected chi connectivity index (χ1v) is 7.92. The summed E-state index contributed by atoms with van der Waals surface area (Å²) in [5.74, 6) is 0.837. The van der Waals surface area contributed by atoms with Crippen LogP contribution in [0.4, 0.5) is 5.82 Å². The first-order chi connectivity index (χ1) is 8.80. The van der Waals surface area contributed by atoms with Crippen molar-refractivity contribution < 1.29 is 8.42 Å². The van der Waals surface area contributed by atoms with Gasteiger partial charge >= 0.3 is 0 Å². The minimum atomic E-state index is -3.47. The zero-order valence-electron chi connectivity index (χ0n) is 12.2. The minimum Gasteiger partial charge on any atom is -0.370 e. The number of aromatic nitrogens is 1. The molecule has 1 heterocycles. The molecule has 0 amide bonds.